The van der Waals surface area contributed by atoms with Gasteiger partial charge in [0.15, 0.2) is 0 Å². The number of carbonyl (C=O) groups excluding carboxylic acids is 2. The van der Waals surface area contributed by atoms with Crippen molar-refractivity contribution in [2.45, 2.75) is 13.8 Å². The van der Waals surface area contributed by atoms with Gasteiger partial charge in [0.2, 0.25) is 0 Å². The SMILES string of the molecule is CC(C)CN1CCN(CCN2C(=O)c3ccccc3C2=O)CC1. The average Bonchev–Trinajstić information content (AvgIpc) is 2.78. The molecular weight excluding hydrogens is 290 g/mol. The third-order valence-corrected chi connectivity index (χ3v) is 4.61. The molecule has 2 heterocycles. The molecule has 0 aromatic heterocycles. The van der Waals surface area contributed by atoms with Crippen LogP contribution in [0.15, 0.2) is 24.3 Å². The summed E-state index contributed by atoms with van der Waals surface area (Å²) in [5.74, 6) is 0.396. The van der Waals surface area contributed by atoms with E-state index in [0.29, 0.717) is 23.6 Å². The predicted molar refractivity (Wildman–Crippen MR) is 89.5 cm³/mol. The number of benzene rings is 1. The van der Waals surface area contributed by atoms with Crippen molar-refractivity contribution in [3.05, 3.63) is 35.4 Å². The maximum atomic E-state index is 12.3. The molecule has 124 valence electrons. The number of piperazine rings is 1. The summed E-state index contributed by atoms with van der Waals surface area (Å²) < 4.78 is 0. The third kappa shape index (κ3) is 3.46. The minimum atomic E-state index is -0.149. The van der Waals surface area contributed by atoms with Gasteiger partial charge in [0, 0.05) is 45.8 Å². The predicted octanol–water partition coefficient (Wildman–Crippen LogP) is 1.56. The van der Waals surface area contributed by atoms with Crippen molar-refractivity contribution in [2.75, 3.05) is 45.8 Å². The molecule has 2 aliphatic heterocycles. The standard InChI is InChI=1S/C18H25N3O2/c1-14(2)13-20-9-7-19(8-10-20)11-12-21-17(22)15-5-3-4-6-16(15)18(21)23/h3-6,14H,7-13H2,1-2H3. The normalized spacial score (nSPS) is 19.7. The first kappa shape index (κ1) is 16.1. The van der Waals surface area contributed by atoms with Crippen LogP contribution in [0.25, 0.3) is 0 Å². The van der Waals surface area contributed by atoms with E-state index >= 15 is 0 Å². The minimum absolute atomic E-state index is 0.149. The van der Waals surface area contributed by atoms with Crippen molar-refractivity contribution in [1.82, 2.24) is 14.7 Å². The van der Waals surface area contributed by atoms with E-state index in [1.807, 2.05) is 12.1 Å². The molecule has 2 amide bonds. The van der Waals surface area contributed by atoms with Gasteiger partial charge in [-0.15, -0.1) is 0 Å². The summed E-state index contributed by atoms with van der Waals surface area (Å²) in [6.45, 7) is 11.0. The van der Waals surface area contributed by atoms with Gasteiger partial charge >= 0.3 is 0 Å². The molecule has 1 fully saturated rings. The maximum absolute atomic E-state index is 12.3. The van der Waals surface area contributed by atoms with Gasteiger partial charge in [0.05, 0.1) is 11.1 Å². The van der Waals surface area contributed by atoms with Crippen LogP contribution in [0.3, 0.4) is 0 Å². The van der Waals surface area contributed by atoms with Crippen LogP contribution in [0.5, 0.6) is 0 Å². The van der Waals surface area contributed by atoms with Crippen LogP contribution in [0.1, 0.15) is 34.6 Å². The smallest absolute Gasteiger partial charge is 0.261 e. The number of carbonyl (C=O) groups is 2. The zero-order chi connectivity index (χ0) is 16.4. The minimum Gasteiger partial charge on any atom is -0.301 e. The number of imide groups is 1. The van der Waals surface area contributed by atoms with Crippen LogP contribution < -0.4 is 0 Å². The van der Waals surface area contributed by atoms with Crippen molar-refractivity contribution >= 4 is 11.8 Å². The zero-order valence-corrected chi connectivity index (χ0v) is 14.0. The molecule has 0 radical (unpaired) electrons. The number of amides is 2. The lowest BCUT2D eigenvalue weighted by molar-refractivity contribution is 0.0611. The molecule has 23 heavy (non-hydrogen) atoms. The zero-order valence-electron chi connectivity index (χ0n) is 14.0. The first-order valence-corrected chi connectivity index (χ1v) is 8.46. The van der Waals surface area contributed by atoms with Crippen molar-refractivity contribution in [3.8, 4) is 0 Å². The second-order valence-electron chi connectivity index (χ2n) is 6.84. The highest BCUT2D eigenvalue weighted by atomic mass is 16.2. The molecule has 5 nitrogen and oxygen atoms in total. The molecule has 0 atom stereocenters. The Kier molecular flexibility index (Phi) is 4.78. The summed E-state index contributed by atoms with van der Waals surface area (Å²) in [6.07, 6.45) is 0. The second kappa shape index (κ2) is 6.81. The van der Waals surface area contributed by atoms with E-state index < -0.39 is 0 Å². The fourth-order valence-electron chi connectivity index (χ4n) is 3.40. The molecule has 1 aromatic carbocycles. The number of hydrogen-bond acceptors (Lipinski definition) is 4. The molecule has 0 unspecified atom stereocenters. The number of fused-ring (bicyclic) bond motifs is 1. The van der Waals surface area contributed by atoms with Crippen molar-refractivity contribution in [3.63, 3.8) is 0 Å². The van der Waals surface area contributed by atoms with E-state index in [4.69, 9.17) is 0 Å². The summed E-state index contributed by atoms with van der Waals surface area (Å²) in [7, 11) is 0. The Morgan fingerprint density at radius 2 is 1.39 bits per heavy atom. The lowest BCUT2D eigenvalue weighted by atomic mass is 10.1. The topological polar surface area (TPSA) is 43.9 Å². The molecule has 0 aliphatic carbocycles. The molecular formula is C18H25N3O2. The molecule has 3 rings (SSSR count). The highest BCUT2D eigenvalue weighted by Gasteiger charge is 2.35. The van der Waals surface area contributed by atoms with Gasteiger partial charge < -0.3 is 4.90 Å². The van der Waals surface area contributed by atoms with E-state index in [0.717, 1.165) is 39.3 Å². The highest BCUT2D eigenvalue weighted by molar-refractivity contribution is 6.21. The largest absolute Gasteiger partial charge is 0.301 e. The lowest BCUT2D eigenvalue weighted by Crippen LogP contribution is -2.49. The Morgan fingerprint density at radius 1 is 0.870 bits per heavy atom. The fraction of sp³-hybridized carbons (Fsp3) is 0.556. The number of hydrogen-bond donors (Lipinski definition) is 0. The third-order valence-electron chi connectivity index (χ3n) is 4.61. The Labute approximate surface area is 137 Å². The summed E-state index contributed by atoms with van der Waals surface area (Å²) in [6, 6.07) is 7.09. The maximum Gasteiger partial charge on any atom is 0.261 e. The van der Waals surface area contributed by atoms with Crippen LogP contribution in [0.2, 0.25) is 0 Å². The first-order chi connectivity index (χ1) is 11.1. The molecule has 5 heteroatoms. The van der Waals surface area contributed by atoms with Gasteiger partial charge in [-0.05, 0) is 18.1 Å². The first-order valence-electron chi connectivity index (χ1n) is 8.46. The van der Waals surface area contributed by atoms with Crippen LogP contribution in [0.4, 0.5) is 0 Å². The van der Waals surface area contributed by atoms with Crippen LogP contribution in [0, 0.1) is 5.92 Å². The van der Waals surface area contributed by atoms with Crippen LogP contribution >= 0.6 is 0 Å². The van der Waals surface area contributed by atoms with Crippen LogP contribution in [-0.2, 0) is 0 Å². The monoisotopic (exact) mass is 315 g/mol. The van der Waals surface area contributed by atoms with E-state index in [2.05, 4.69) is 23.6 Å². The number of nitrogens with zero attached hydrogens (tertiary/aromatic N) is 3. The van der Waals surface area contributed by atoms with Gasteiger partial charge in [-0.2, -0.15) is 0 Å². The summed E-state index contributed by atoms with van der Waals surface area (Å²) in [4.78, 5) is 30.9. The summed E-state index contributed by atoms with van der Waals surface area (Å²) in [5, 5.41) is 0. The fourth-order valence-corrected chi connectivity index (χ4v) is 3.40. The molecule has 1 saturated heterocycles. The average molecular weight is 315 g/mol. The van der Waals surface area contributed by atoms with Gasteiger partial charge in [-0.3, -0.25) is 19.4 Å². The molecule has 0 saturated carbocycles. The van der Waals surface area contributed by atoms with Gasteiger partial charge in [-0.1, -0.05) is 26.0 Å². The van der Waals surface area contributed by atoms with Crippen LogP contribution in [-0.4, -0.2) is 72.3 Å². The van der Waals surface area contributed by atoms with Crippen molar-refractivity contribution in [1.29, 1.82) is 0 Å². The molecule has 0 N–H and O–H groups in total. The second-order valence-corrected chi connectivity index (χ2v) is 6.84. The highest BCUT2D eigenvalue weighted by Crippen LogP contribution is 2.22. The number of rotatable bonds is 5. The summed E-state index contributed by atoms with van der Waals surface area (Å²) in [5.41, 5.74) is 1.08. The van der Waals surface area contributed by atoms with Gasteiger partial charge in [0.1, 0.15) is 0 Å². The molecule has 0 bridgehead atoms. The molecule has 0 spiro atoms. The Hall–Kier alpha value is -1.72. The Balaban J connectivity index is 1.51. The van der Waals surface area contributed by atoms with E-state index in [-0.39, 0.29) is 11.8 Å². The van der Waals surface area contributed by atoms with Gasteiger partial charge in [-0.25, -0.2) is 0 Å². The van der Waals surface area contributed by atoms with Crippen molar-refractivity contribution in [2.24, 2.45) is 5.92 Å². The van der Waals surface area contributed by atoms with E-state index in [1.165, 1.54) is 4.90 Å². The molecule has 1 aromatic rings. The molecule has 2 aliphatic rings. The summed E-state index contributed by atoms with van der Waals surface area (Å²) >= 11 is 0. The quantitative estimate of drug-likeness (QED) is 0.774. The lowest BCUT2D eigenvalue weighted by Gasteiger charge is -2.36. The van der Waals surface area contributed by atoms with Crippen molar-refractivity contribution < 1.29 is 9.59 Å². The Bertz CT molecular complexity index is 557. The van der Waals surface area contributed by atoms with Gasteiger partial charge in [0.25, 0.3) is 11.8 Å². The van der Waals surface area contributed by atoms with E-state index in [9.17, 15) is 9.59 Å². The Morgan fingerprint density at radius 3 is 1.91 bits per heavy atom. The van der Waals surface area contributed by atoms with E-state index in [1.54, 1.807) is 12.1 Å².